The summed E-state index contributed by atoms with van der Waals surface area (Å²) in [6.07, 6.45) is 7.76. The van der Waals surface area contributed by atoms with Gasteiger partial charge in [-0.2, -0.15) is 0 Å². The molecule has 1 aliphatic rings. The number of rotatable bonds is 5. The van der Waals surface area contributed by atoms with E-state index in [2.05, 4.69) is 25.2 Å². The minimum absolute atomic E-state index is 0.386. The van der Waals surface area contributed by atoms with Gasteiger partial charge in [-0.25, -0.2) is 4.79 Å². The first-order chi connectivity index (χ1) is 10.8. The van der Waals surface area contributed by atoms with Crippen LogP contribution in [0.2, 0.25) is 0 Å². The minimum Gasteiger partial charge on any atom is -0.464 e. The Morgan fingerprint density at radius 3 is 3.00 bits per heavy atom. The Kier molecular flexibility index (Phi) is 4.41. The highest BCUT2D eigenvalue weighted by atomic mass is 16.5. The quantitative estimate of drug-likeness (QED) is 0.825. The number of aromatic nitrogens is 3. The molecular formula is C15H20N4O3. The van der Waals surface area contributed by atoms with Gasteiger partial charge in [0.2, 0.25) is 5.89 Å². The highest BCUT2D eigenvalue weighted by Crippen LogP contribution is 2.32. The molecule has 1 aliphatic carbocycles. The normalized spacial score (nSPS) is 15.7. The molecule has 2 aromatic rings. The summed E-state index contributed by atoms with van der Waals surface area (Å²) in [7, 11) is 1.35. The van der Waals surface area contributed by atoms with Crippen molar-refractivity contribution in [1.82, 2.24) is 15.2 Å². The Morgan fingerprint density at radius 2 is 2.23 bits per heavy atom. The largest absolute Gasteiger partial charge is 0.464 e. The Morgan fingerprint density at radius 1 is 1.41 bits per heavy atom. The number of anilines is 1. The third-order valence-corrected chi connectivity index (χ3v) is 3.99. The van der Waals surface area contributed by atoms with Gasteiger partial charge in [-0.1, -0.05) is 24.4 Å². The molecule has 0 amide bonds. The van der Waals surface area contributed by atoms with Crippen molar-refractivity contribution in [1.29, 1.82) is 0 Å². The fourth-order valence-corrected chi connectivity index (χ4v) is 2.77. The van der Waals surface area contributed by atoms with Crippen LogP contribution in [0, 0.1) is 0 Å². The van der Waals surface area contributed by atoms with E-state index in [1.807, 2.05) is 0 Å². The van der Waals surface area contributed by atoms with Crippen LogP contribution in [-0.2, 0) is 11.3 Å². The molecule has 7 nitrogen and oxygen atoms in total. The topological polar surface area (TPSA) is 93.0 Å². The van der Waals surface area contributed by atoms with E-state index < -0.39 is 0 Å². The maximum atomic E-state index is 11.4. The van der Waals surface area contributed by atoms with Gasteiger partial charge in [0.15, 0.2) is 0 Å². The number of nitrogens with zero attached hydrogens (tertiary/aromatic N) is 2. The van der Waals surface area contributed by atoms with Gasteiger partial charge in [-0.05, 0) is 24.5 Å². The van der Waals surface area contributed by atoms with Gasteiger partial charge < -0.3 is 19.5 Å². The van der Waals surface area contributed by atoms with Crippen molar-refractivity contribution in [2.45, 2.75) is 44.6 Å². The lowest BCUT2D eigenvalue weighted by atomic mass is 9.89. The summed E-state index contributed by atoms with van der Waals surface area (Å²) in [6.45, 7) is 0.500. The van der Waals surface area contributed by atoms with Crippen LogP contribution in [0.25, 0.3) is 0 Å². The molecule has 0 aliphatic heterocycles. The summed E-state index contributed by atoms with van der Waals surface area (Å²) in [5.74, 6) is 0.741. The summed E-state index contributed by atoms with van der Waals surface area (Å²) in [5.41, 5.74) is 1.34. The molecule has 0 unspecified atom stereocenters. The van der Waals surface area contributed by atoms with E-state index in [9.17, 15) is 4.79 Å². The summed E-state index contributed by atoms with van der Waals surface area (Å²) >= 11 is 0. The molecule has 2 aromatic heterocycles. The number of hydrogen-bond donors (Lipinski definition) is 2. The third-order valence-electron chi connectivity index (χ3n) is 3.99. The summed E-state index contributed by atoms with van der Waals surface area (Å²) in [5, 5.41) is 11.3. The first kappa shape index (κ1) is 14.6. The van der Waals surface area contributed by atoms with Gasteiger partial charge in [0.1, 0.15) is 5.69 Å². The Hall–Kier alpha value is -2.31. The molecule has 0 radical (unpaired) electrons. The van der Waals surface area contributed by atoms with E-state index in [0.29, 0.717) is 24.2 Å². The van der Waals surface area contributed by atoms with E-state index >= 15 is 0 Å². The van der Waals surface area contributed by atoms with Crippen molar-refractivity contribution in [2.75, 3.05) is 12.4 Å². The lowest BCUT2D eigenvalue weighted by Gasteiger charge is -2.17. The monoisotopic (exact) mass is 304 g/mol. The average Bonchev–Trinajstić information content (AvgIpc) is 3.22. The number of H-pyrrole nitrogens is 1. The highest BCUT2D eigenvalue weighted by Gasteiger charge is 2.21. The number of methoxy groups -OCH3 is 1. The van der Waals surface area contributed by atoms with Crippen LogP contribution in [-0.4, -0.2) is 28.3 Å². The lowest BCUT2D eigenvalue weighted by Crippen LogP contribution is -2.04. The van der Waals surface area contributed by atoms with Gasteiger partial charge in [-0.15, -0.1) is 5.10 Å². The smallest absolute Gasteiger partial charge is 0.354 e. The van der Waals surface area contributed by atoms with E-state index in [4.69, 9.17) is 4.42 Å². The maximum absolute atomic E-state index is 11.4. The van der Waals surface area contributed by atoms with Crippen LogP contribution >= 0.6 is 0 Å². The van der Waals surface area contributed by atoms with Gasteiger partial charge >= 0.3 is 12.0 Å². The number of nitrogens with one attached hydrogen (secondary N) is 2. The summed E-state index contributed by atoms with van der Waals surface area (Å²) in [6, 6.07) is 2.15. The van der Waals surface area contributed by atoms with Gasteiger partial charge in [-0.3, -0.25) is 0 Å². The Bertz CT molecular complexity index is 628. The molecule has 0 spiro atoms. The number of aromatic amines is 1. The zero-order chi connectivity index (χ0) is 15.4. The van der Waals surface area contributed by atoms with Crippen molar-refractivity contribution in [3.8, 4) is 0 Å². The molecule has 1 fully saturated rings. The second-order valence-electron chi connectivity index (χ2n) is 5.55. The van der Waals surface area contributed by atoms with E-state index in [1.165, 1.54) is 26.4 Å². The van der Waals surface area contributed by atoms with E-state index in [1.54, 1.807) is 12.3 Å². The van der Waals surface area contributed by atoms with Crippen molar-refractivity contribution in [3.63, 3.8) is 0 Å². The number of ether oxygens (including phenoxy) is 1. The number of carbonyl (C=O) groups is 1. The molecule has 2 N–H and O–H groups in total. The predicted molar refractivity (Wildman–Crippen MR) is 79.6 cm³/mol. The predicted octanol–water partition coefficient (Wildman–Crippen LogP) is 2.84. The second-order valence-corrected chi connectivity index (χ2v) is 5.55. The standard InChI is InChI=1S/C15H20N4O3/c1-21-14(20)12-7-10(8-16-12)9-17-15-19-18-13(22-15)11-5-3-2-4-6-11/h7-8,11,16H,2-6,9H2,1H3,(H,17,19). The van der Waals surface area contributed by atoms with Crippen LogP contribution < -0.4 is 5.32 Å². The maximum Gasteiger partial charge on any atom is 0.354 e. The Labute approximate surface area is 128 Å². The molecule has 0 aromatic carbocycles. The first-order valence-corrected chi connectivity index (χ1v) is 7.59. The molecule has 2 heterocycles. The summed E-state index contributed by atoms with van der Waals surface area (Å²) in [4.78, 5) is 14.2. The van der Waals surface area contributed by atoms with Crippen molar-refractivity contribution in [3.05, 3.63) is 29.4 Å². The zero-order valence-electron chi connectivity index (χ0n) is 12.6. The van der Waals surface area contributed by atoms with Crippen LogP contribution in [0.3, 0.4) is 0 Å². The van der Waals surface area contributed by atoms with Crippen LogP contribution in [0.1, 0.15) is 60.0 Å². The molecule has 3 rings (SSSR count). The third kappa shape index (κ3) is 3.29. The van der Waals surface area contributed by atoms with Gasteiger partial charge in [0, 0.05) is 18.7 Å². The molecular weight excluding hydrogens is 284 g/mol. The molecule has 0 atom stereocenters. The molecule has 7 heteroatoms. The average molecular weight is 304 g/mol. The highest BCUT2D eigenvalue weighted by molar-refractivity contribution is 5.87. The van der Waals surface area contributed by atoms with Gasteiger partial charge in [0.25, 0.3) is 0 Å². The number of hydrogen-bond acceptors (Lipinski definition) is 6. The van der Waals surface area contributed by atoms with Crippen molar-refractivity contribution >= 4 is 12.0 Å². The SMILES string of the molecule is COC(=O)c1cc(CNc2nnc(C3CCCCC3)o2)c[nH]1. The molecule has 0 bridgehead atoms. The van der Waals surface area contributed by atoms with E-state index in [0.717, 1.165) is 24.3 Å². The molecule has 118 valence electrons. The lowest BCUT2D eigenvalue weighted by molar-refractivity contribution is 0.0595. The second kappa shape index (κ2) is 6.64. The molecule has 1 saturated carbocycles. The van der Waals surface area contributed by atoms with Crippen LogP contribution in [0.15, 0.2) is 16.7 Å². The van der Waals surface area contributed by atoms with E-state index in [-0.39, 0.29) is 5.97 Å². The van der Waals surface area contributed by atoms with Crippen molar-refractivity contribution in [2.24, 2.45) is 0 Å². The first-order valence-electron chi connectivity index (χ1n) is 7.59. The number of carbonyl (C=O) groups excluding carboxylic acids is 1. The fourth-order valence-electron chi connectivity index (χ4n) is 2.77. The molecule has 22 heavy (non-hydrogen) atoms. The summed E-state index contributed by atoms with van der Waals surface area (Å²) < 4.78 is 10.3. The fraction of sp³-hybridized carbons (Fsp3) is 0.533. The molecule has 0 saturated heterocycles. The zero-order valence-corrected chi connectivity index (χ0v) is 12.6. The van der Waals surface area contributed by atoms with Gasteiger partial charge in [0.05, 0.1) is 7.11 Å². The van der Waals surface area contributed by atoms with Crippen LogP contribution in [0.4, 0.5) is 6.01 Å². The number of esters is 1. The Balaban J connectivity index is 1.56. The minimum atomic E-state index is -0.386. The van der Waals surface area contributed by atoms with Crippen LogP contribution in [0.5, 0.6) is 0 Å². The van der Waals surface area contributed by atoms with Crippen molar-refractivity contribution < 1.29 is 13.9 Å².